The van der Waals surface area contributed by atoms with Gasteiger partial charge in [0.2, 0.25) is 5.91 Å². The van der Waals surface area contributed by atoms with Crippen molar-refractivity contribution in [3.63, 3.8) is 0 Å². The first kappa shape index (κ1) is 14.8. The molecule has 0 radical (unpaired) electrons. The second-order valence-corrected chi connectivity index (χ2v) is 6.67. The average Bonchev–Trinajstić information content (AvgIpc) is 2.40. The molecule has 110 valence electrons. The molecule has 3 heteroatoms. The van der Waals surface area contributed by atoms with Gasteiger partial charge in [0.15, 0.2) is 0 Å². The van der Waals surface area contributed by atoms with Gasteiger partial charge in [-0.05, 0) is 56.5 Å². The van der Waals surface area contributed by atoms with Gasteiger partial charge in [-0.3, -0.25) is 4.79 Å². The SMILES string of the molecule is CC1CCCC(CCNC(=O)CC2CCNCC2)C1. The molecule has 0 aromatic rings. The van der Waals surface area contributed by atoms with E-state index in [1.54, 1.807) is 0 Å². The van der Waals surface area contributed by atoms with Gasteiger partial charge >= 0.3 is 0 Å². The average molecular weight is 266 g/mol. The van der Waals surface area contributed by atoms with E-state index in [1.165, 1.54) is 32.1 Å². The van der Waals surface area contributed by atoms with E-state index in [-0.39, 0.29) is 5.91 Å². The second kappa shape index (κ2) is 7.88. The molecule has 1 saturated heterocycles. The Hall–Kier alpha value is -0.570. The van der Waals surface area contributed by atoms with E-state index in [2.05, 4.69) is 17.6 Å². The van der Waals surface area contributed by atoms with E-state index >= 15 is 0 Å². The van der Waals surface area contributed by atoms with Crippen molar-refractivity contribution < 1.29 is 4.79 Å². The zero-order valence-electron chi connectivity index (χ0n) is 12.4. The third-order valence-corrected chi connectivity index (χ3v) is 4.85. The van der Waals surface area contributed by atoms with Crippen molar-refractivity contribution in [3.05, 3.63) is 0 Å². The van der Waals surface area contributed by atoms with Crippen LogP contribution in [0.25, 0.3) is 0 Å². The van der Waals surface area contributed by atoms with Gasteiger partial charge in [0.25, 0.3) is 0 Å². The molecule has 2 rings (SSSR count). The summed E-state index contributed by atoms with van der Waals surface area (Å²) in [5, 5.41) is 6.48. The summed E-state index contributed by atoms with van der Waals surface area (Å²) in [7, 11) is 0. The molecule has 2 fully saturated rings. The lowest BCUT2D eigenvalue weighted by Gasteiger charge is -2.27. The molecular formula is C16H30N2O. The summed E-state index contributed by atoms with van der Waals surface area (Å²) >= 11 is 0. The zero-order valence-corrected chi connectivity index (χ0v) is 12.4. The predicted molar refractivity (Wildman–Crippen MR) is 79.0 cm³/mol. The molecule has 0 aromatic heterocycles. The van der Waals surface area contributed by atoms with E-state index in [0.717, 1.165) is 50.7 Å². The summed E-state index contributed by atoms with van der Waals surface area (Å²) in [6.07, 6.45) is 9.76. The van der Waals surface area contributed by atoms with Gasteiger partial charge in [-0.2, -0.15) is 0 Å². The Labute approximate surface area is 117 Å². The molecule has 1 amide bonds. The highest BCUT2D eigenvalue weighted by Crippen LogP contribution is 2.30. The van der Waals surface area contributed by atoms with Crippen LogP contribution < -0.4 is 10.6 Å². The Kier molecular flexibility index (Phi) is 6.15. The van der Waals surface area contributed by atoms with Crippen molar-refractivity contribution in [2.24, 2.45) is 17.8 Å². The predicted octanol–water partition coefficient (Wildman–Crippen LogP) is 2.71. The largest absolute Gasteiger partial charge is 0.356 e. The Bertz CT molecular complexity index is 274. The van der Waals surface area contributed by atoms with Gasteiger partial charge in [-0.25, -0.2) is 0 Å². The molecule has 0 spiro atoms. The number of carbonyl (C=O) groups excluding carboxylic acids is 1. The summed E-state index contributed by atoms with van der Waals surface area (Å²) in [4.78, 5) is 11.9. The van der Waals surface area contributed by atoms with Gasteiger partial charge < -0.3 is 10.6 Å². The highest BCUT2D eigenvalue weighted by molar-refractivity contribution is 5.76. The van der Waals surface area contributed by atoms with Crippen molar-refractivity contribution in [2.75, 3.05) is 19.6 Å². The minimum Gasteiger partial charge on any atom is -0.356 e. The number of nitrogens with one attached hydrogen (secondary N) is 2. The maximum absolute atomic E-state index is 11.9. The molecule has 1 saturated carbocycles. The van der Waals surface area contributed by atoms with E-state index in [9.17, 15) is 4.79 Å². The molecule has 1 heterocycles. The fraction of sp³-hybridized carbons (Fsp3) is 0.938. The number of rotatable bonds is 5. The minimum atomic E-state index is 0.274. The van der Waals surface area contributed by atoms with Crippen LogP contribution in [0.3, 0.4) is 0 Å². The van der Waals surface area contributed by atoms with Crippen LogP contribution in [0.5, 0.6) is 0 Å². The fourth-order valence-electron chi connectivity index (χ4n) is 3.66. The lowest BCUT2D eigenvalue weighted by molar-refractivity contribution is -0.122. The normalized spacial score (nSPS) is 29.1. The second-order valence-electron chi connectivity index (χ2n) is 6.67. The monoisotopic (exact) mass is 266 g/mol. The van der Waals surface area contributed by atoms with E-state index in [0.29, 0.717) is 5.92 Å². The summed E-state index contributed by atoms with van der Waals surface area (Å²) < 4.78 is 0. The first-order valence-corrected chi connectivity index (χ1v) is 8.21. The Balaban J connectivity index is 1.55. The van der Waals surface area contributed by atoms with E-state index < -0.39 is 0 Å². The zero-order chi connectivity index (χ0) is 13.5. The van der Waals surface area contributed by atoms with Gasteiger partial charge in [0.05, 0.1) is 0 Å². The maximum Gasteiger partial charge on any atom is 0.220 e. The third-order valence-electron chi connectivity index (χ3n) is 4.85. The molecule has 1 aliphatic carbocycles. The first-order valence-electron chi connectivity index (χ1n) is 8.21. The first-order chi connectivity index (χ1) is 9.24. The maximum atomic E-state index is 11.9. The molecule has 19 heavy (non-hydrogen) atoms. The van der Waals surface area contributed by atoms with Crippen LogP contribution >= 0.6 is 0 Å². The summed E-state index contributed by atoms with van der Waals surface area (Å²) in [5.41, 5.74) is 0. The van der Waals surface area contributed by atoms with Crippen LogP contribution in [0, 0.1) is 17.8 Å². The van der Waals surface area contributed by atoms with Gasteiger partial charge in [0, 0.05) is 13.0 Å². The highest BCUT2D eigenvalue weighted by Gasteiger charge is 2.19. The van der Waals surface area contributed by atoms with Crippen molar-refractivity contribution in [1.82, 2.24) is 10.6 Å². The molecule has 0 bridgehead atoms. The van der Waals surface area contributed by atoms with E-state index in [1.807, 2.05) is 0 Å². The number of hydrogen-bond donors (Lipinski definition) is 2. The topological polar surface area (TPSA) is 41.1 Å². The molecule has 2 unspecified atom stereocenters. The molecule has 2 aliphatic rings. The standard InChI is InChI=1S/C16H30N2O/c1-13-3-2-4-14(11-13)7-10-18-16(19)12-15-5-8-17-9-6-15/h13-15,17H,2-12H2,1H3,(H,18,19). The lowest BCUT2D eigenvalue weighted by Crippen LogP contribution is -2.33. The molecule has 2 N–H and O–H groups in total. The Morgan fingerprint density at radius 3 is 2.68 bits per heavy atom. The molecule has 1 aliphatic heterocycles. The Morgan fingerprint density at radius 2 is 1.95 bits per heavy atom. The highest BCUT2D eigenvalue weighted by atomic mass is 16.1. The molecule has 3 nitrogen and oxygen atoms in total. The van der Waals surface area contributed by atoms with Crippen LogP contribution in [-0.2, 0) is 4.79 Å². The van der Waals surface area contributed by atoms with Gasteiger partial charge in [0.1, 0.15) is 0 Å². The molecule has 0 aromatic carbocycles. The van der Waals surface area contributed by atoms with Crippen LogP contribution in [0.4, 0.5) is 0 Å². The fourth-order valence-corrected chi connectivity index (χ4v) is 3.66. The van der Waals surface area contributed by atoms with Gasteiger partial charge in [-0.1, -0.05) is 26.2 Å². The number of piperidine rings is 1. The summed E-state index contributed by atoms with van der Waals surface area (Å²) in [6, 6.07) is 0. The van der Waals surface area contributed by atoms with Crippen molar-refractivity contribution in [3.8, 4) is 0 Å². The van der Waals surface area contributed by atoms with Crippen LogP contribution in [0.1, 0.15) is 58.3 Å². The molecule has 2 atom stereocenters. The van der Waals surface area contributed by atoms with Crippen LogP contribution in [-0.4, -0.2) is 25.5 Å². The van der Waals surface area contributed by atoms with Crippen molar-refractivity contribution in [1.29, 1.82) is 0 Å². The minimum absolute atomic E-state index is 0.274. The lowest BCUT2D eigenvalue weighted by atomic mass is 9.81. The van der Waals surface area contributed by atoms with Crippen molar-refractivity contribution in [2.45, 2.75) is 58.3 Å². The number of amides is 1. The smallest absolute Gasteiger partial charge is 0.220 e. The quantitative estimate of drug-likeness (QED) is 0.803. The van der Waals surface area contributed by atoms with Crippen LogP contribution in [0.15, 0.2) is 0 Å². The Morgan fingerprint density at radius 1 is 1.16 bits per heavy atom. The number of hydrogen-bond acceptors (Lipinski definition) is 2. The van der Waals surface area contributed by atoms with E-state index in [4.69, 9.17) is 0 Å². The third kappa shape index (κ3) is 5.52. The summed E-state index contributed by atoms with van der Waals surface area (Å²) in [5.74, 6) is 2.62. The summed E-state index contributed by atoms with van der Waals surface area (Å²) in [6.45, 7) is 5.42. The van der Waals surface area contributed by atoms with Gasteiger partial charge in [-0.15, -0.1) is 0 Å². The number of carbonyl (C=O) groups is 1. The molecular weight excluding hydrogens is 236 g/mol. The van der Waals surface area contributed by atoms with Crippen LogP contribution in [0.2, 0.25) is 0 Å². The van der Waals surface area contributed by atoms with Crippen molar-refractivity contribution >= 4 is 5.91 Å².